The minimum Gasteiger partial charge on any atom is -0.373 e. The summed E-state index contributed by atoms with van der Waals surface area (Å²) in [4.78, 5) is 19.1. The third-order valence-electron chi connectivity index (χ3n) is 4.37. The summed E-state index contributed by atoms with van der Waals surface area (Å²) in [6.07, 6.45) is 1.78. The topological polar surface area (TPSA) is 69.4 Å². The number of hydrogen-bond donors (Lipinski definition) is 2. The monoisotopic (exact) mass is 322 g/mol. The quantitative estimate of drug-likeness (QED) is 0.657. The molecular weight excluding hydrogens is 296 g/mol. The molecule has 2 aliphatic heterocycles. The molecule has 0 radical (unpaired) electrons. The number of morpholine rings is 2. The molecule has 0 aromatic carbocycles. The Morgan fingerprint density at radius 2 is 1.91 bits per heavy atom. The van der Waals surface area contributed by atoms with Gasteiger partial charge in [0.05, 0.1) is 45.1 Å². The molecule has 0 aliphatic carbocycles. The highest BCUT2D eigenvalue weighted by Crippen LogP contribution is 2.09. The molecule has 7 heteroatoms. The first-order valence-corrected chi connectivity index (χ1v) is 8.37. The minimum atomic E-state index is -0.0255. The zero-order valence-corrected chi connectivity index (χ0v) is 13.5. The van der Waals surface area contributed by atoms with Crippen LogP contribution in [0.5, 0.6) is 0 Å². The first kappa shape index (κ1) is 16.2. The predicted octanol–water partition coefficient (Wildman–Crippen LogP) is -2.02. The van der Waals surface area contributed by atoms with Crippen LogP contribution in [0.25, 0.3) is 0 Å². The number of carbonyl (C=O) groups is 1. The molecule has 0 atom stereocenters. The number of pyridine rings is 1. The van der Waals surface area contributed by atoms with E-state index in [0.29, 0.717) is 12.1 Å². The van der Waals surface area contributed by atoms with Gasteiger partial charge in [0.2, 0.25) is 0 Å². The number of ether oxygens (including phenoxy) is 2. The van der Waals surface area contributed by atoms with Gasteiger partial charge >= 0.3 is 0 Å². The standard InChI is InChI=1S/C16H24N4O3/c21-16(17-3-4-19-5-9-22-10-6-19)14-1-2-15(18-13-14)20-7-11-23-12-8-20/h1-2,13H,3-12H2,(H,17,21)/p+2. The minimum absolute atomic E-state index is 0.0255. The van der Waals surface area contributed by atoms with E-state index in [1.165, 1.54) is 4.90 Å². The number of rotatable bonds is 5. The van der Waals surface area contributed by atoms with Crippen LogP contribution in [-0.2, 0) is 9.47 Å². The fourth-order valence-electron chi connectivity index (χ4n) is 2.92. The molecule has 1 aromatic heterocycles. The van der Waals surface area contributed by atoms with E-state index in [9.17, 15) is 4.79 Å². The van der Waals surface area contributed by atoms with Gasteiger partial charge in [0.25, 0.3) is 11.7 Å². The second kappa shape index (κ2) is 8.24. The van der Waals surface area contributed by atoms with Gasteiger partial charge in [0.15, 0.2) is 0 Å². The lowest BCUT2D eigenvalue weighted by molar-refractivity contribution is -0.906. The Bertz CT molecular complexity index is 497. The Hall–Kier alpha value is -1.70. The normalized spacial score (nSPS) is 19.6. The van der Waals surface area contributed by atoms with Gasteiger partial charge in [-0.1, -0.05) is 0 Å². The molecular formula is C16H26N4O3+2. The lowest BCUT2D eigenvalue weighted by atomic mass is 10.2. The number of nitrogens with zero attached hydrogens (tertiary/aromatic N) is 1. The van der Waals surface area contributed by atoms with E-state index < -0.39 is 0 Å². The summed E-state index contributed by atoms with van der Waals surface area (Å²) in [6.45, 7) is 8.59. The Labute approximate surface area is 136 Å². The van der Waals surface area contributed by atoms with E-state index >= 15 is 0 Å². The van der Waals surface area contributed by atoms with Crippen molar-refractivity contribution in [3.8, 4) is 0 Å². The van der Waals surface area contributed by atoms with Crippen molar-refractivity contribution in [2.24, 2.45) is 0 Å². The van der Waals surface area contributed by atoms with Gasteiger partial charge in [-0.2, -0.15) is 0 Å². The molecule has 126 valence electrons. The van der Waals surface area contributed by atoms with Crippen molar-refractivity contribution in [2.45, 2.75) is 0 Å². The zero-order valence-electron chi connectivity index (χ0n) is 13.5. The third-order valence-corrected chi connectivity index (χ3v) is 4.37. The second-order valence-electron chi connectivity index (χ2n) is 5.93. The Kier molecular flexibility index (Phi) is 5.79. The number of aromatic amines is 1. The van der Waals surface area contributed by atoms with Gasteiger partial charge in [0.1, 0.15) is 32.4 Å². The van der Waals surface area contributed by atoms with Crippen LogP contribution in [0.3, 0.4) is 0 Å². The van der Waals surface area contributed by atoms with Crippen molar-refractivity contribution in [1.82, 2.24) is 5.32 Å². The molecule has 2 fully saturated rings. The van der Waals surface area contributed by atoms with Crippen molar-refractivity contribution in [1.29, 1.82) is 0 Å². The van der Waals surface area contributed by atoms with Gasteiger partial charge in [-0.25, -0.2) is 4.98 Å². The largest absolute Gasteiger partial charge is 0.373 e. The van der Waals surface area contributed by atoms with Gasteiger partial charge in [-0.15, -0.1) is 0 Å². The number of amides is 1. The number of carbonyl (C=O) groups excluding carboxylic acids is 1. The van der Waals surface area contributed by atoms with Gasteiger partial charge < -0.3 is 19.7 Å². The summed E-state index contributed by atoms with van der Waals surface area (Å²) in [5.74, 6) is 1.00. The number of quaternary nitrogens is 1. The highest BCUT2D eigenvalue weighted by Gasteiger charge is 2.19. The fraction of sp³-hybridized carbons (Fsp3) is 0.625. The molecule has 3 rings (SSSR count). The van der Waals surface area contributed by atoms with E-state index in [0.717, 1.165) is 65.0 Å². The molecule has 2 saturated heterocycles. The van der Waals surface area contributed by atoms with Crippen molar-refractivity contribution < 1.29 is 24.2 Å². The molecule has 0 bridgehead atoms. The lowest BCUT2D eigenvalue weighted by Crippen LogP contribution is -3.14. The average Bonchev–Trinajstić information content (AvgIpc) is 2.63. The second-order valence-corrected chi connectivity index (χ2v) is 5.93. The van der Waals surface area contributed by atoms with Crippen LogP contribution >= 0.6 is 0 Å². The zero-order chi connectivity index (χ0) is 15.9. The SMILES string of the molecule is O=C(NCC[NH+]1CCOCC1)c1ccc(N2CCOCC2)[nH+]c1. The third kappa shape index (κ3) is 4.63. The summed E-state index contributed by atoms with van der Waals surface area (Å²) in [6, 6.07) is 3.84. The molecule has 0 spiro atoms. The van der Waals surface area contributed by atoms with Crippen molar-refractivity contribution in [3.63, 3.8) is 0 Å². The molecule has 3 heterocycles. The number of anilines is 1. The number of nitrogens with one attached hydrogen (secondary N) is 3. The van der Waals surface area contributed by atoms with E-state index in [1.54, 1.807) is 6.20 Å². The summed E-state index contributed by atoms with van der Waals surface area (Å²) in [7, 11) is 0. The first-order chi connectivity index (χ1) is 11.3. The highest BCUT2D eigenvalue weighted by molar-refractivity contribution is 5.93. The van der Waals surface area contributed by atoms with E-state index in [-0.39, 0.29) is 5.91 Å². The van der Waals surface area contributed by atoms with Crippen LogP contribution in [0.1, 0.15) is 10.4 Å². The smallest absolute Gasteiger partial charge is 0.274 e. The summed E-state index contributed by atoms with van der Waals surface area (Å²) >= 11 is 0. The molecule has 7 nitrogen and oxygen atoms in total. The van der Waals surface area contributed by atoms with Crippen LogP contribution < -0.4 is 20.1 Å². The molecule has 3 N–H and O–H groups in total. The number of aromatic nitrogens is 1. The number of hydrogen-bond acceptors (Lipinski definition) is 4. The summed E-state index contributed by atoms with van der Waals surface area (Å²) in [5.41, 5.74) is 0.666. The fourth-order valence-corrected chi connectivity index (χ4v) is 2.92. The molecule has 1 amide bonds. The highest BCUT2D eigenvalue weighted by atomic mass is 16.5. The molecule has 1 aromatic rings. The summed E-state index contributed by atoms with van der Waals surface area (Å²) < 4.78 is 10.7. The Morgan fingerprint density at radius 3 is 2.61 bits per heavy atom. The maximum absolute atomic E-state index is 12.2. The van der Waals surface area contributed by atoms with Gasteiger partial charge in [-0.05, 0) is 6.07 Å². The molecule has 0 saturated carbocycles. The maximum atomic E-state index is 12.2. The van der Waals surface area contributed by atoms with E-state index in [2.05, 4.69) is 15.2 Å². The molecule has 2 aliphatic rings. The van der Waals surface area contributed by atoms with Crippen molar-refractivity contribution >= 4 is 11.7 Å². The maximum Gasteiger partial charge on any atom is 0.274 e. The van der Waals surface area contributed by atoms with Crippen LogP contribution in [0.2, 0.25) is 0 Å². The van der Waals surface area contributed by atoms with Crippen LogP contribution in [0.15, 0.2) is 18.3 Å². The lowest BCUT2D eigenvalue weighted by Gasteiger charge is -2.23. The first-order valence-electron chi connectivity index (χ1n) is 8.37. The van der Waals surface area contributed by atoms with Gasteiger partial charge in [0, 0.05) is 6.07 Å². The number of H-pyrrole nitrogens is 1. The molecule has 0 unspecified atom stereocenters. The molecule has 23 heavy (non-hydrogen) atoms. The van der Waals surface area contributed by atoms with Crippen molar-refractivity contribution in [2.75, 3.05) is 70.6 Å². The predicted molar refractivity (Wildman–Crippen MR) is 84.7 cm³/mol. The van der Waals surface area contributed by atoms with Crippen LogP contribution in [0.4, 0.5) is 5.82 Å². The average molecular weight is 322 g/mol. The van der Waals surface area contributed by atoms with Crippen molar-refractivity contribution in [3.05, 3.63) is 23.9 Å². The van der Waals surface area contributed by atoms with Crippen LogP contribution in [0, 0.1) is 0 Å². The Morgan fingerprint density at radius 1 is 1.17 bits per heavy atom. The van der Waals surface area contributed by atoms with E-state index in [4.69, 9.17) is 9.47 Å². The van der Waals surface area contributed by atoms with Crippen LogP contribution in [-0.4, -0.2) is 71.6 Å². The Balaban J connectivity index is 1.45. The van der Waals surface area contributed by atoms with Gasteiger partial charge in [-0.3, -0.25) is 9.69 Å². The summed E-state index contributed by atoms with van der Waals surface area (Å²) in [5, 5.41) is 2.99. The van der Waals surface area contributed by atoms with E-state index in [1.807, 2.05) is 12.1 Å².